The summed E-state index contributed by atoms with van der Waals surface area (Å²) in [6.07, 6.45) is 5.35. The summed E-state index contributed by atoms with van der Waals surface area (Å²) in [6, 6.07) is 14.6. The fourth-order valence-electron chi connectivity index (χ4n) is 5.26. The Morgan fingerprint density at radius 3 is 2.41 bits per heavy atom. The fourth-order valence-corrected chi connectivity index (χ4v) is 5.26. The highest BCUT2D eigenvalue weighted by Crippen LogP contribution is 2.35. The van der Waals surface area contributed by atoms with Crippen LogP contribution in [0.25, 0.3) is 0 Å². The van der Waals surface area contributed by atoms with Gasteiger partial charge >= 0.3 is 0 Å². The molecule has 2 aliphatic heterocycles. The van der Waals surface area contributed by atoms with Crippen molar-refractivity contribution in [3.05, 3.63) is 59.3 Å². The minimum atomic E-state index is -0.427. The van der Waals surface area contributed by atoms with Gasteiger partial charge in [0.15, 0.2) is 0 Å². The quantitative estimate of drug-likeness (QED) is 0.654. The van der Waals surface area contributed by atoms with Crippen molar-refractivity contribution in [1.82, 2.24) is 9.88 Å². The van der Waals surface area contributed by atoms with Crippen LogP contribution in [0.5, 0.6) is 0 Å². The first-order valence-corrected chi connectivity index (χ1v) is 11.9. The predicted molar refractivity (Wildman–Crippen MR) is 127 cm³/mol. The van der Waals surface area contributed by atoms with Gasteiger partial charge < -0.3 is 15.5 Å². The molecule has 170 valence electrons. The summed E-state index contributed by atoms with van der Waals surface area (Å²) in [7, 11) is 0. The van der Waals surface area contributed by atoms with Crippen LogP contribution in [-0.2, 0) is 17.6 Å². The normalized spacial score (nSPS) is 19.7. The molecule has 2 amide bonds. The molecule has 0 radical (unpaired) electrons. The summed E-state index contributed by atoms with van der Waals surface area (Å²) < 4.78 is 0. The maximum Gasteiger partial charge on any atom is 0.250 e. The lowest BCUT2D eigenvalue weighted by Gasteiger charge is -2.36. The first-order valence-electron chi connectivity index (χ1n) is 11.9. The lowest BCUT2D eigenvalue weighted by atomic mass is 10.0. The average Bonchev–Trinajstić information content (AvgIpc) is 3.41. The number of hydrogen-bond acceptors (Lipinski definition) is 4. The van der Waals surface area contributed by atoms with Gasteiger partial charge in [-0.15, -0.1) is 0 Å². The molecule has 2 atom stereocenters. The second-order valence-electron chi connectivity index (χ2n) is 9.07. The van der Waals surface area contributed by atoms with Gasteiger partial charge in [-0.3, -0.25) is 9.59 Å². The second-order valence-corrected chi connectivity index (χ2v) is 9.07. The van der Waals surface area contributed by atoms with Gasteiger partial charge in [0, 0.05) is 19.0 Å². The Bertz CT molecular complexity index is 958. The number of anilines is 1. The maximum absolute atomic E-state index is 12.9. The number of nitrogens with two attached hydrogens (primary N) is 1. The van der Waals surface area contributed by atoms with E-state index in [9.17, 15) is 9.59 Å². The number of aromatic nitrogens is 1. The molecule has 32 heavy (non-hydrogen) atoms. The number of amides is 2. The molecule has 1 aromatic carbocycles. The van der Waals surface area contributed by atoms with Crippen LogP contribution in [0.2, 0.25) is 0 Å². The fraction of sp³-hybridized carbons (Fsp3) is 0.500. The third-order valence-corrected chi connectivity index (χ3v) is 7.10. The molecular weight excluding hydrogens is 400 g/mol. The minimum absolute atomic E-state index is 0.131. The molecule has 2 aromatic rings. The monoisotopic (exact) mass is 434 g/mol. The van der Waals surface area contributed by atoms with Crippen molar-refractivity contribution in [1.29, 1.82) is 0 Å². The van der Waals surface area contributed by atoms with Gasteiger partial charge in [-0.2, -0.15) is 0 Å². The zero-order valence-electron chi connectivity index (χ0n) is 19.2. The number of rotatable bonds is 9. The van der Waals surface area contributed by atoms with Crippen molar-refractivity contribution in [3.63, 3.8) is 0 Å². The Labute approximate surface area is 190 Å². The van der Waals surface area contributed by atoms with Gasteiger partial charge in [0.25, 0.3) is 5.91 Å². The molecule has 0 spiro atoms. The molecule has 2 fully saturated rings. The van der Waals surface area contributed by atoms with Crippen LogP contribution in [-0.4, -0.2) is 46.9 Å². The van der Waals surface area contributed by atoms with E-state index in [0.29, 0.717) is 23.9 Å². The first-order chi connectivity index (χ1) is 15.5. The predicted octanol–water partition coefficient (Wildman–Crippen LogP) is 3.58. The van der Waals surface area contributed by atoms with E-state index >= 15 is 0 Å². The number of piperazine rings is 1. The van der Waals surface area contributed by atoms with E-state index in [1.165, 1.54) is 5.56 Å². The number of primary amides is 1. The van der Waals surface area contributed by atoms with Crippen LogP contribution in [0.4, 0.5) is 5.82 Å². The molecule has 2 aliphatic rings. The summed E-state index contributed by atoms with van der Waals surface area (Å²) in [6.45, 7) is 5.76. The highest BCUT2D eigenvalue weighted by atomic mass is 16.2. The number of aryl methyl sites for hydroxylation is 2. The molecule has 1 aromatic heterocycles. The Kier molecular flexibility index (Phi) is 6.77. The molecule has 6 nitrogen and oxygen atoms in total. The van der Waals surface area contributed by atoms with Crippen molar-refractivity contribution in [2.45, 2.75) is 64.5 Å². The van der Waals surface area contributed by atoms with Crippen LogP contribution < -0.4 is 10.6 Å². The van der Waals surface area contributed by atoms with Crippen LogP contribution in [0.1, 0.15) is 61.1 Å². The molecule has 0 aliphatic carbocycles. The van der Waals surface area contributed by atoms with Crippen LogP contribution in [0.15, 0.2) is 42.5 Å². The number of fused-ring (bicyclic) bond motifs is 2. The molecule has 2 unspecified atom stereocenters. The largest absolute Gasteiger partial charge is 0.366 e. The Morgan fingerprint density at radius 1 is 1.03 bits per heavy atom. The number of carbonyl (C=O) groups is 2. The Balaban J connectivity index is 1.45. The van der Waals surface area contributed by atoms with Crippen molar-refractivity contribution >= 4 is 17.6 Å². The second kappa shape index (κ2) is 9.72. The number of likely N-dealkylation sites (tertiary alicyclic amines) is 1. The van der Waals surface area contributed by atoms with Gasteiger partial charge in [-0.05, 0) is 56.2 Å². The number of pyridine rings is 1. The standard InChI is InChI=1S/C26H34N4O2/c1-3-19(4-2)26(32)30-17-20-15-21(30)16-29(20)24-14-13-22(25(27)31)23(28-24)12-8-11-18-9-6-5-7-10-18/h5-7,9-10,13-14,19-21H,3-4,8,11-12,15-17H2,1-2H3,(H2,27,31). The topological polar surface area (TPSA) is 79.5 Å². The molecule has 2 saturated heterocycles. The molecule has 0 saturated carbocycles. The van der Waals surface area contributed by atoms with Crippen LogP contribution in [0, 0.1) is 5.92 Å². The van der Waals surface area contributed by atoms with E-state index in [4.69, 9.17) is 10.7 Å². The van der Waals surface area contributed by atoms with Gasteiger partial charge in [-0.25, -0.2) is 4.98 Å². The number of nitrogens with zero attached hydrogens (tertiary/aromatic N) is 3. The first kappa shape index (κ1) is 22.3. The van der Waals surface area contributed by atoms with Crippen molar-refractivity contribution in [2.75, 3.05) is 18.0 Å². The van der Waals surface area contributed by atoms with Gasteiger partial charge in [-0.1, -0.05) is 44.2 Å². The molecule has 3 heterocycles. The van der Waals surface area contributed by atoms with E-state index in [-0.39, 0.29) is 12.0 Å². The van der Waals surface area contributed by atoms with Gasteiger partial charge in [0.05, 0.1) is 23.3 Å². The molecule has 4 rings (SSSR count). The van der Waals surface area contributed by atoms with Crippen molar-refractivity contribution < 1.29 is 9.59 Å². The zero-order valence-corrected chi connectivity index (χ0v) is 19.2. The Morgan fingerprint density at radius 2 is 1.78 bits per heavy atom. The summed E-state index contributed by atoms with van der Waals surface area (Å²) in [5.41, 5.74) is 8.20. The third kappa shape index (κ3) is 4.50. The highest BCUT2D eigenvalue weighted by molar-refractivity contribution is 5.94. The van der Waals surface area contributed by atoms with Gasteiger partial charge in [0.1, 0.15) is 5.82 Å². The van der Waals surface area contributed by atoms with Crippen molar-refractivity contribution in [2.24, 2.45) is 11.7 Å². The average molecular weight is 435 g/mol. The minimum Gasteiger partial charge on any atom is -0.366 e. The number of carbonyl (C=O) groups excluding carboxylic acids is 2. The lowest BCUT2D eigenvalue weighted by Crippen LogP contribution is -2.50. The highest BCUT2D eigenvalue weighted by Gasteiger charge is 2.46. The van der Waals surface area contributed by atoms with E-state index < -0.39 is 5.91 Å². The van der Waals surface area contributed by atoms with Gasteiger partial charge in [0.2, 0.25) is 5.91 Å². The number of benzene rings is 1. The lowest BCUT2D eigenvalue weighted by molar-refractivity contribution is -0.136. The maximum atomic E-state index is 12.9. The van der Waals surface area contributed by atoms with E-state index in [2.05, 4.69) is 35.8 Å². The van der Waals surface area contributed by atoms with Crippen LogP contribution in [0.3, 0.4) is 0 Å². The summed E-state index contributed by atoms with van der Waals surface area (Å²) in [5, 5.41) is 0. The Hall–Kier alpha value is -2.89. The molecular formula is C26H34N4O2. The zero-order chi connectivity index (χ0) is 22.7. The van der Waals surface area contributed by atoms with E-state index in [0.717, 1.165) is 56.7 Å². The van der Waals surface area contributed by atoms with E-state index in [1.807, 2.05) is 30.3 Å². The third-order valence-electron chi connectivity index (χ3n) is 7.10. The number of hydrogen-bond donors (Lipinski definition) is 1. The summed E-state index contributed by atoms with van der Waals surface area (Å²) in [5.74, 6) is 0.906. The summed E-state index contributed by atoms with van der Waals surface area (Å²) in [4.78, 5) is 34.2. The molecule has 2 N–H and O–H groups in total. The van der Waals surface area contributed by atoms with Crippen molar-refractivity contribution in [3.8, 4) is 0 Å². The molecule has 6 heteroatoms. The van der Waals surface area contributed by atoms with Crippen LogP contribution >= 0.6 is 0 Å². The summed E-state index contributed by atoms with van der Waals surface area (Å²) >= 11 is 0. The SMILES string of the molecule is CCC(CC)C(=O)N1CC2CC1CN2c1ccc(C(N)=O)c(CCCc2ccccc2)n1. The smallest absolute Gasteiger partial charge is 0.250 e. The molecule has 2 bridgehead atoms. The van der Waals surface area contributed by atoms with E-state index in [1.54, 1.807) is 0 Å².